The molecule has 1 fully saturated rings. The van der Waals surface area contributed by atoms with E-state index in [1.807, 2.05) is 6.07 Å². The van der Waals surface area contributed by atoms with Crippen molar-refractivity contribution in [3.63, 3.8) is 0 Å². The molecule has 0 unspecified atom stereocenters. The summed E-state index contributed by atoms with van der Waals surface area (Å²) in [5.74, 6) is 0.830. The van der Waals surface area contributed by atoms with Gasteiger partial charge in [-0.05, 0) is 18.9 Å². The van der Waals surface area contributed by atoms with Crippen molar-refractivity contribution in [1.82, 2.24) is 14.5 Å². The third-order valence-electron chi connectivity index (χ3n) is 3.47. The Bertz CT molecular complexity index is 543. The second-order valence-corrected chi connectivity index (χ2v) is 4.49. The van der Waals surface area contributed by atoms with Crippen LogP contribution in [0, 0.1) is 0 Å². The molecule has 0 aromatic carbocycles. The van der Waals surface area contributed by atoms with E-state index >= 15 is 0 Å². The number of aromatic nitrogens is 3. The first-order valence-corrected chi connectivity index (χ1v) is 5.97. The molecule has 0 saturated heterocycles. The molecular formula is C12H16N4O. The third kappa shape index (κ3) is 1.62. The number of rotatable bonds is 2. The molecule has 0 bridgehead atoms. The summed E-state index contributed by atoms with van der Waals surface area (Å²) in [5.41, 5.74) is 6.60. The number of nitrogens with two attached hydrogens (primary N) is 1. The van der Waals surface area contributed by atoms with E-state index < -0.39 is 0 Å². The standard InChI is InChI=1S/C12H16N4O/c1-17-11-9-6-7-16(8-4-2-3-5-8)10(9)14-12(13)15-11/h6-8H,2-5H2,1H3,(H2,13,14,15). The molecule has 0 radical (unpaired) electrons. The second kappa shape index (κ2) is 3.91. The van der Waals surface area contributed by atoms with E-state index in [9.17, 15) is 0 Å². The molecule has 0 atom stereocenters. The van der Waals surface area contributed by atoms with E-state index in [0.29, 0.717) is 11.9 Å². The van der Waals surface area contributed by atoms with Crippen LogP contribution in [-0.4, -0.2) is 21.6 Å². The fraction of sp³-hybridized carbons (Fsp3) is 0.500. The number of hydrogen-bond acceptors (Lipinski definition) is 4. The van der Waals surface area contributed by atoms with Gasteiger partial charge >= 0.3 is 0 Å². The summed E-state index contributed by atoms with van der Waals surface area (Å²) in [7, 11) is 1.61. The monoisotopic (exact) mass is 232 g/mol. The van der Waals surface area contributed by atoms with Crippen LogP contribution in [0.25, 0.3) is 11.0 Å². The maximum atomic E-state index is 5.71. The molecule has 90 valence electrons. The summed E-state index contributed by atoms with van der Waals surface area (Å²) in [6.07, 6.45) is 7.09. The van der Waals surface area contributed by atoms with Crippen molar-refractivity contribution in [2.24, 2.45) is 0 Å². The lowest BCUT2D eigenvalue weighted by atomic mass is 10.2. The Morgan fingerprint density at radius 1 is 1.35 bits per heavy atom. The molecule has 2 aromatic heterocycles. The number of hydrogen-bond donors (Lipinski definition) is 1. The molecule has 2 aromatic rings. The molecule has 0 spiro atoms. The lowest BCUT2D eigenvalue weighted by Crippen LogP contribution is -2.06. The van der Waals surface area contributed by atoms with Gasteiger partial charge in [-0.3, -0.25) is 0 Å². The number of ether oxygens (including phenoxy) is 1. The summed E-state index contributed by atoms with van der Waals surface area (Å²) < 4.78 is 7.45. The van der Waals surface area contributed by atoms with E-state index in [1.54, 1.807) is 7.11 Å². The molecule has 17 heavy (non-hydrogen) atoms. The molecular weight excluding hydrogens is 216 g/mol. The van der Waals surface area contributed by atoms with E-state index in [1.165, 1.54) is 25.7 Å². The van der Waals surface area contributed by atoms with E-state index in [2.05, 4.69) is 20.7 Å². The van der Waals surface area contributed by atoms with Gasteiger partial charge in [-0.25, -0.2) is 0 Å². The van der Waals surface area contributed by atoms with Crippen molar-refractivity contribution in [3.05, 3.63) is 12.3 Å². The predicted octanol–water partition coefficient (Wildman–Crippen LogP) is 2.14. The minimum atomic E-state index is 0.271. The molecule has 1 saturated carbocycles. The zero-order chi connectivity index (χ0) is 11.8. The fourth-order valence-electron chi connectivity index (χ4n) is 2.65. The second-order valence-electron chi connectivity index (χ2n) is 4.49. The van der Waals surface area contributed by atoms with Crippen molar-refractivity contribution in [2.75, 3.05) is 12.8 Å². The highest BCUT2D eigenvalue weighted by atomic mass is 16.5. The largest absolute Gasteiger partial charge is 0.480 e. The normalized spacial score (nSPS) is 16.8. The minimum absolute atomic E-state index is 0.271. The number of anilines is 1. The maximum absolute atomic E-state index is 5.71. The predicted molar refractivity (Wildman–Crippen MR) is 66.0 cm³/mol. The highest BCUT2D eigenvalue weighted by Gasteiger charge is 2.20. The Balaban J connectivity index is 2.17. The van der Waals surface area contributed by atoms with E-state index in [-0.39, 0.29) is 5.95 Å². The van der Waals surface area contributed by atoms with Crippen LogP contribution in [0.15, 0.2) is 12.3 Å². The molecule has 0 amide bonds. The van der Waals surface area contributed by atoms with Gasteiger partial charge in [0.25, 0.3) is 0 Å². The van der Waals surface area contributed by atoms with Crippen molar-refractivity contribution in [2.45, 2.75) is 31.7 Å². The Labute approximate surface area is 99.6 Å². The van der Waals surface area contributed by atoms with Gasteiger partial charge in [0.05, 0.1) is 12.5 Å². The fourth-order valence-corrected chi connectivity index (χ4v) is 2.65. The Morgan fingerprint density at radius 2 is 2.12 bits per heavy atom. The van der Waals surface area contributed by atoms with Gasteiger partial charge in [-0.15, -0.1) is 0 Å². The number of nitrogen functional groups attached to an aromatic ring is 1. The summed E-state index contributed by atoms with van der Waals surface area (Å²) in [5, 5.41) is 0.939. The van der Waals surface area contributed by atoms with Gasteiger partial charge in [0, 0.05) is 12.2 Å². The molecule has 5 nitrogen and oxygen atoms in total. The summed E-state index contributed by atoms with van der Waals surface area (Å²) in [6, 6.07) is 2.55. The lowest BCUT2D eigenvalue weighted by Gasteiger charge is -2.12. The van der Waals surface area contributed by atoms with E-state index in [0.717, 1.165) is 11.0 Å². The average Bonchev–Trinajstić information content (AvgIpc) is 2.94. The first kappa shape index (κ1) is 10.4. The van der Waals surface area contributed by atoms with Crippen molar-refractivity contribution in [3.8, 4) is 5.88 Å². The molecule has 1 aliphatic rings. The molecule has 5 heteroatoms. The van der Waals surface area contributed by atoms with Crippen LogP contribution in [0.2, 0.25) is 0 Å². The van der Waals surface area contributed by atoms with Crippen molar-refractivity contribution < 1.29 is 4.74 Å². The smallest absolute Gasteiger partial charge is 0.227 e. The third-order valence-corrected chi connectivity index (χ3v) is 3.47. The average molecular weight is 232 g/mol. The van der Waals surface area contributed by atoms with Crippen LogP contribution in [0.4, 0.5) is 5.95 Å². The van der Waals surface area contributed by atoms with Crippen LogP contribution in [0.1, 0.15) is 31.7 Å². The van der Waals surface area contributed by atoms with E-state index in [4.69, 9.17) is 10.5 Å². The van der Waals surface area contributed by atoms with Gasteiger partial charge < -0.3 is 15.0 Å². The zero-order valence-corrected chi connectivity index (χ0v) is 9.89. The first-order valence-electron chi connectivity index (χ1n) is 5.97. The number of nitrogens with zero attached hydrogens (tertiary/aromatic N) is 3. The molecule has 2 heterocycles. The van der Waals surface area contributed by atoms with Gasteiger partial charge in [-0.1, -0.05) is 12.8 Å². The van der Waals surface area contributed by atoms with Crippen LogP contribution < -0.4 is 10.5 Å². The van der Waals surface area contributed by atoms with Crippen molar-refractivity contribution >= 4 is 17.0 Å². The molecule has 3 rings (SSSR count). The van der Waals surface area contributed by atoms with Gasteiger partial charge in [0.15, 0.2) is 0 Å². The SMILES string of the molecule is COc1nc(N)nc2c1ccn2C1CCCC1. The minimum Gasteiger partial charge on any atom is -0.480 e. The molecule has 2 N–H and O–H groups in total. The molecule has 1 aliphatic carbocycles. The highest BCUT2D eigenvalue weighted by molar-refractivity contribution is 5.82. The Morgan fingerprint density at radius 3 is 2.82 bits per heavy atom. The summed E-state index contributed by atoms with van der Waals surface area (Å²) >= 11 is 0. The number of fused-ring (bicyclic) bond motifs is 1. The quantitative estimate of drug-likeness (QED) is 0.861. The Kier molecular flexibility index (Phi) is 2.39. The van der Waals surface area contributed by atoms with Crippen LogP contribution in [0.3, 0.4) is 0 Å². The first-order chi connectivity index (χ1) is 8.29. The van der Waals surface area contributed by atoms with Gasteiger partial charge in [-0.2, -0.15) is 9.97 Å². The van der Waals surface area contributed by atoms with Crippen molar-refractivity contribution in [1.29, 1.82) is 0 Å². The lowest BCUT2D eigenvalue weighted by molar-refractivity contribution is 0.403. The van der Waals surface area contributed by atoms with Crippen LogP contribution in [0.5, 0.6) is 5.88 Å². The zero-order valence-electron chi connectivity index (χ0n) is 9.89. The molecule has 0 aliphatic heterocycles. The number of methoxy groups -OCH3 is 1. The maximum Gasteiger partial charge on any atom is 0.227 e. The summed E-state index contributed by atoms with van der Waals surface area (Å²) in [4.78, 5) is 8.43. The van der Waals surface area contributed by atoms with Gasteiger partial charge in [0.2, 0.25) is 11.8 Å². The van der Waals surface area contributed by atoms with Crippen LogP contribution >= 0.6 is 0 Å². The topological polar surface area (TPSA) is 66.0 Å². The van der Waals surface area contributed by atoms with Crippen LogP contribution in [-0.2, 0) is 0 Å². The summed E-state index contributed by atoms with van der Waals surface area (Å²) in [6.45, 7) is 0. The highest BCUT2D eigenvalue weighted by Crippen LogP contribution is 2.34. The Hall–Kier alpha value is -1.78. The van der Waals surface area contributed by atoms with Gasteiger partial charge in [0.1, 0.15) is 5.65 Å².